The van der Waals surface area contributed by atoms with E-state index in [0.29, 0.717) is 0 Å². The van der Waals surface area contributed by atoms with Gasteiger partial charge in [0.15, 0.2) is 0 Å². The molecule has 0 aliphatic rings. The van der Waals surface area contributed by atoms with Gasteiger partial charge in [-0.05, 0) is 13.3 Å². The third-order valence-electron chi connectivity index (χ3n) is 1.58. The van der Waals surface area contributed by atoms with E-state index < -0.39 is 0 Å². The zero-order chi connectivity index (χ0) is 9.56. The molecule has 68 valence electrons. The van der Waals surface area contributed by atoms with Crippen molar-refractivity contribution in [3.8, 4) is 0 Å². The molecule has 0 aromatic heterocycles. The van der Waals surface area contributed by atoms with Crippen LogP contribution >= 0.6 is 0 Å². The van der Waals surface area contributed by atoms with E-state index in [-0.39, 0.29) is 12.1 Å². The summed E-state index contributed by atoms with van der Waals surface area (Å²) in [4.78, 5) is 10.6. The molecule has 0 N–H and O–H groups in total. The minimum atomic E-state index is -0.258. The van der Waals surface area contributed by atoms with E-state index in [4.69, 9.17) is 4.74 Å². The second-order valence-corrected chi connectivity index (χ2v) is 2.70. The molecule has 2 nitrogen and oxygen atoms in total. The summed E-state index contributed by atoms with van der Waals surface area (Å²) >= 11 is 0. The minimum Gasteiger partial charge on any atom is -0.458 e. The third kappa shape index (κ3) is 3.99. The Hall–Kier alpha value is -1.01. The van der Waals surface area contributed by atoms with E-state index >= 15 is 0 Å². The van der Waals surface area contributed by atoms with Crippen LogP contribution in [0.25, 0.3) is 0 Å². The molecule has 0 unspecified atom stereocenters. The van der Waals surface area contributed by atoms with E-state index in [1.807, 2.05) is 6.92 Å². The van der Waals surface area contributed by atoms with Crippen LogP contribution in [0.2, 0.25) is 0 Å². The van der Waals surface area contributed by atoms with Crippen LogP contribution in [0.5, 0.6) is 0 Å². The summed E-state index contributed by atoms with van der Waals surface area (Å²) in [5.74, 6) is -0.258. The Morgan fingerprint density at radius 1 is 1.67 bits per heavy atom. The van der Waals surface area contributed by atoms with Crippen LogP contribution in [-0.4, -0.2) is 12.1 Å². The van der Waals surface area contributed by atoms with Crippen LogP contribution in [0.15, 0.2) is 17.9 Å². The maximum absolute atomic E-state index is 10.6. The van der Waals surface area contributed by atoms with Gasteiger partial charge in [0, 0.05) is 12.5 Å². The molecule has 0 aromatic carbocycles. The SMILES string of the molecule is C=C=C(CCC)[C@@H](C)OC(C)=O. The van der Waals surface area contributed by atoms with Crippen LogP contribution in [0.1, 0.15) is 33.6 Å². The summed E-state index contributed by atoms with van der Waals surface area (Å²) in [6.07, 6.45) is 1.72. The molecule has 0 aliphatic carbocycles. The fourth-order valence-electron chi connectivity index (χ4n) is 1.02. The highest BCUT2D eigenvalue weighted by Gasteiger charge is 2.09. The molecule has 0 radical (unpaired) electrons. The second-order valence-electron chi connectivity index (χ2n) is 2.70. The van der Waals surface area contributed by atoms with Crippen LogP contribution in [0.3, 0.4) is 0 Å². The summed E-state index contributed by atoms with van der Waals surface area (Å²) < 4.78 is 4.98. The van der Waals surface area contributed by atoms with Gasteiger partial charge in [0.2, 0.25) is 0 Å². The highest BCUT2D eigenvalue weighted by Crippen LogP contribution is 2.11. The first kappa shape index (κ1) is 11.0. The van der Waals surface area contributed by atoms with Crippen molar-refractivity contribution in [3.05, 3.63) is 17.9 Å². The van der Waals surface area contributed by atoms with Crippen LogP contribution in [0.4, 0.5) is 0 Å². The number of carbonyl (C=O) groups is 1. The number of ether oxygens (including phenoxy) is 1. The lowest BCUT2D eigenvalue weighted by Crippen LogP contribution is -2.14. The first-order valence-electron chi connectivity index (χ1n) is 4.17. The average Bonchev–Trinajstić information content (AvgIpc) is 1.98. The van der Waals surface area contributed by atoms with Crippen LogP contribution in [0, 0.1) is 0 Å². The van der Waals surface area contributed by atoms with Gasteiger partial charge in [-0.15, -0.1) is 5.73 Å². The molecule has 0 saturated heterocycles. The first-order chi connectivity index (χ1) is 5.61. The van der Waals surface area contributed by atoms with Gasteiger partial charge in [0.05, 0.1) is 0 Å². The molecule has 0 aliphatic heterocycles. The fourth-order valence-corrected chi connectivity index (χ4v) is 1.02. The topological polar surface area (TPSA) is 26.3 Å². The Bertz CT molecular complexity index is 200. The predicted molar refractivity (Wildman–Crippen MR) is 48.8 cm³/mol. The molecular formula is C10H16O2. The summed E-state index contributed by atoms with van der Waals surface area (Å²) in [6, 6.07) is 0. The van der Waals surface area contributed by atoms with E-state index in [0.717, 1.165) is 18.4 Å². The summed E-state index contributed by atoms with van der Waals surface area (Å²) in [7, 11) is 0. The average molecular weight is 168 g/mol. The number of hydrogen-bond acceptors (Lipinski definition) is 2. The molecule has 1 atom stereocenters. The Balaban J connectivity index is 4.13. The van der Waals surface area contributed by atoms with Crippen molar-refractivity contribution in [2.24, 2.45) is 0 Å². The molecule has 0 bridgehead atoms. The van der Waals surface area contributed by atoms with Gasteiger partial charge in [0.25, 0.3) is 0 Å². The van der Waals surface area contributed by atoms with Gasteiger partial charge in [-0.25, -0.2) is 0 Å². The first-order valence-corrected chi connectivity index (χ1v) is 4.17. The van der Waals surface area contributed by atoms with Crippen molar-refractivity contribution in [2.45, 2.75) is 39.7 Å². The standard InChI is InChI=1S/C10H16O2/c1-5-7-10(6-2)8(3)12-9(4)11/h8H,2,5,7H2,1,3-4H3/t8-/m1/s1. The minimum absolute atomic E-state index is 0.181. The molecule has 0 saturated carbocycles. The number of hydrogen-bond donors (Lipinski definition) is 0. The number of carbonyl (C=O) groups excluding carboxylic acids is 1. The molecule has 12 heavy (non-hydrogen) atoms. The quantitative estimate of drug-likeness (QED) is 0.476. The van der Waals surface area contributed by atoms with E-state index in [2.05, 4.69) is 19.2 Å². The Morgan fingerprint density at radius 2 is 2.25 bits per heavy atom. The van der Waals surface area contributed by atoms with Gasteiger partial charge in [-0.2, -0.15) is 0 Å². The largest absolute Gasteiger partial charge is 0.458 e. The van der Waals surface area contributed by atoms with Gasteiger partial charge >= 0.3 is 5.97 Å². The van der Waals surface area contributed by atoms with Gasteiger partial charge < -0.3 is 4.74 Å². The Kier molecular flexibility index (Phi) is 5.14. The molecule has 0 fully saturated rings. The van der Waals surface area contributed by atoms with Crippen LogP contribution in [-0.2, 0) is 9.53 Å². The summed E-state index contributed by atoms with van der Waals surface area (Å²) in [5.41, 5.74) is 3.76. The molecule has 0 amide bonds. The molecule has 0 rings (SSSR count). The van der Waals surface area contributed by atoms with Crippen molar-refractivity contribution >= 4 is 5.97 Å². The molecule has 0 spiro atoms. The molecular weight excluding hydrogens is 152 g/mol. The lowest BCUT2D eigenvalue weighted by Gasteiger charge is -2.12. The highest BCUT2D eigenvalue weighted by molar-refractivity contribution is 5.66. The summed E-state index contributed by atoms with van der Waals surface area (Å²) in [5, 5.41) is 0. The van der Waals surface area contributed by atoms with Crippen molar-refractivity contribution < 1.29 is 9.53 Å². The van der Waals surface area contributed by atoms with E-state index in [9.17, 15) is 4.79 Å². The lowest BCUT2D eigenvalue weighted by molar-refractivity contribution is -0.143. The van der Waals surface area contributed by atoms with Crippen molar-refractivity contribution in [3.63, 3.8) is 0 Å². The second kappa shape index (κ2) is 5.62. The molecule has 2 heteroatoms. The fraction of sp³-hybridized carbons (Fsp3) is 0.600. The van der Waals surface area contributed by atoms with E-state index in [1.165, 1.54) is 6.92 Å². The Labute approximate surface area is 73.9 Å². The van der Waals surface area contributed by atoms with E-state index in [1.54, 1.807) is 0 Å². The third-order valence-corrected chi connectivity index (χ3v) is 1.58. The van der Waals surface area contributed by atoms with Gasteiger partial charge in [0.1, 0.15) is 6.10 Å². The number of esters is 1. The normalized spacial score (nSPS) is 11.6. The van der Waals surface area contributed by atoms with Gasteiger partial charge in [-0.1, -0.05) is 19.9 Å². The van der Waals surface area contributed by atoms with Crippen molar-refractivity contribution in [1.29, 1.82) is 0 Å². The molecule has 0 aromatic rings. The lowest BCUT2D eigenvalue weighted by atomic mass is 10.1. The van der Waals surface area contributed by atoms with Crippen LogP contribution < -0.4 is 0 Å². The maximum Gasteiger partial charge on any atom is 0.303 e. The zero-order valence-electron chi connectivity index (χ0n) is 8.02. The smallest absolute Gasteiger partial charge is 0.303 e. The van der Waals surface area contributed by atoms with Crippen molar-refractivity contribution in [2.75, 3.05) is 0 Å². The Morgan fingerprint density at radius 3 is 2.58 bits per heavy atom. The zero-order valence-corrected chi connectivity index (χ0v) is 8.02. The highest BCUT2D eigenvalue weighted by atomic mass is 16.5. The van der Waals surface area contributed by atoms with Gasteiger partial charge in [-0.3, -0.25) is 4.79 Å². The molecule has 0 heterocycles. The van der Waals surface area contributed by atoms with Crippen molar-refractivity contribution in [1.82, 2.24) is 0 Å². The summed E-state index contributed by atoms with van der Waals surface area (Å²) in [6.45, 7) is 8.87. The monoisotopic (exact) mass is 168 g/mol. The maximum atomic E-state index is 10.6. The number of rotatable bonds is 4. The predicted octanol–water partition coefficient (Wildman–Crippen LogP) is 2.45.